The molecule has 0 aliphatic carbocycles. The third kappa shape index (κ3) is 2.44. The summed E-state index contributed by atoms with van der Waals surface area (Å²) in [5.41, 5.74) is 2.60. The van der Waals surface area contributed by atoms with E-state index in [2.05, 4.69) is 24.3 Å². The van der Waals surface area contributed by atoms with E-state index in [1.807, 2.05) is 17.9 Å². The highest BCUT2D eigenvalue weighted by atomic mass is 16.5. The van der Waals surface area contributed by atoms with Gasteiger partial charge < -0.3 is 10.1 Å². The van der Waals surface area contributed by atoms with E-state index < -0.39 is 0 Å². The van der Waals surface area contributed by atoms with Crippen LogP contribution in [0.15, 0.2) is 6.20 Å². The molecule has 0 amide bonds. The minimum Gasteiger partial charge on any atom is -0.377 e. The van der Waals surface area contributed by atoms with Gasteiger partial charge in [-0.1, -0.05) is 0 Å². The molecule has 2 atom stereocenters. The number of hydrogen-bond acceptors (Lipinski definition) is 3. The van der Waals surface area contributed by atoms with Crippen molar-refractivity contribution in [2.45, 2.75) is 38.8 Å². The van der Waals surface area contributed by atoms with Crippen LogP contribution < -0.4 is 5.32 Å². The second-order valence-corrected chi connectivity index (χ2v) is 4.55. The Morgan fingerprint density at radius 2 is 2.44 bits per heavy atom. The van der Waals surface area contributed by atoms with Crippen LogP contribution in [0.4, 0.5) is 0 Å². The molecule has 1 aliphatic rings. The zero-order valence-corrected chi connectivity index (χ0v) is 10.4. The second kappa shape index (κ2) is 4.97. The predicted octanol–water partition coefficient (Wildman–Crippen LogP) is 1.04. The Balaban J connectivity index is 1.77. The lowest BCUT2D eigenvalue weighted by Crippen LogP contribution is -2.35. The van der Waals surface area contributed by atoms with E-state index in [1.165, 1.54) is 11.3 Å². The summed E-state index contributed by atoms with van der Waals surface area (Å²) in [6, 6.07) is 0.525. The van der Waals surface area contributed by atoms with Gasteiger partial charge >= 0.3 is 0 Å². The molecule has 1 saturated heterocycles. The molecule has 2 unspecified atom stereocenters. The van der Waals surface area contributed by atoms with Crippen molar-refractivity contribution in [3.8, 4) is 0 Å². The SMILES string of the molecule is Cc1c(CCNC2CCOC2C)cnn1C. The van der Waals surface area contributed by atoms with Gasteiger partial charge in [0.15, 0.2) is 0 Å². The average molecular weight is 223 g/mol. The molecule has 0 bridgehead atoms. The van der Waals surface area contributed by atoms with Gasteiger partial charge in [0.1, 0.15) is 0 Å². The minimum atomic E-state index is 0.356. The van der Waals surface area contributed by atoms with Gasteiger partial charge in [-0.3, -0.25) is 4.68 Å². The van der Waals surface area contributed by atoms with E-state index >= 15 is 0 Å². The van der Waals surface area contributed by atoms with Gasteiger partial charge in [-0.25, -0.2) is 0 Å². The van der Waals surface area contributed by atoms with E-state index in [1.54, 1.807) is 0 Å². The van der Waals surface area contributed by atoms with Crippen molar-refractivity contribution in [3.63, 3.8) is 0 Å². The molecule has 1 fully saturated rings. The molecule has 4 heteroatoms. The van der Waals surface area contributed by atoms with Crippen LogP contribution in [-0.4, -0.2) is 35.1 Å². The molecule has 1 aromatic rings. The highest BCUT2D eigenvalue weighted by Crippen LogP contribution is 2.12. The number of aromatic nitrogens is 2. The van der Waals surface area contributed by atoms with Crippen molar-refractivity contribution in [1.29, 1.82) is 0 Å². The van der Waals surface area contributed by atoms with Crippen molar-refractivity contribution >= 4 is 0 Å². The zero-order valence-electron chi connectivity index (χ0n) is 10.4. The topological polar surface area (TPSA) is 39.1 Å². The Kier molecular flexibility index (Phi) is 3.61. The number of nitrogens with one attached hydrogen (secondary N) is 1. The van der Waals surface area contributed by atoms with Crippen LogP contribution in [-0.2, 0) is 18.2 Å². The largest absolute Gasteiger partial charge is 0.377 e. The van der Waals surface area contributed by atoms with Crippen LogP contribution in [0.25, 0.3) is 0 Å². The van der Waals surface area contributed by atoms with Gasteiger partial charge in [-0.15, -0.1) is 0 Å². The average Bonchev–Trinajstić information content (AvgIpc) is 2.80. The molecule has 1 N–H and O–H groups in total. The minimum absolute atomic E-state index is 0.356. The van der Waals surface area contributed by atoms with Gasteiger partial charge in [-0.2, -0.15) is 5.10 Å². The number of nitrogens with zero attached hydrogens (tertiary/aromatic N) is 2. The lowest BCUT2D eigenvalue weighted by Gasteiger charge is -2.15. The highest BCUT2D eigenvalue weighted by molar-refractivity contribution is 5.16. The van der Waals surface area contributed by atoms with Gasteiger partial charge in [-0.05, 0) is 38.8 Å². The molecular weight excluding hydrogens is 202 g/mol. The second-order valence-electron chi connectivity index (χ2n) is 4.55. The molecule has 1 aliphatic heterocycles. The third-order valence-corrected chi connectivity index (χ3v) is 3.51. The maximum absolute atomic E-state index is 5.52. The van der Waals surface area contributed by atoms with Crippen LogP contribution >= 0.6 is 0 Å². The Bertz CT molecular complexity index is 348. The highest BCUT2D eigenvalue weighted by Gasteiger charge is 2.23. The molecule has 16 heavy (non-hydrogen) atoms. The molecule has 90 valence electrons. The first-order chi connectivity index (χ1) is 7.68. The van der Waals surface area contributed by atoms with Crippen molar-refractivity contribution in [3.05, 3.63) is 17.5 Å². The van der Waals surface area contributed by atoms with Crippen molar-refractivity contribution < 1.29 is 4.74 Å². The van der Waals surface area contributed by atoms with Gasteiger partial charge in [0.2, 0.25) is 0 Å². The molecule has 2 rings (SSSR count). The molecule has 0 aromatic carbocycles. The molecule has 0 radical (unpaired) electrons. The quantitative estimate of drug-likeness (QED) is 0.829. The van der Waals surface area contributed by atoms with Crippen LogP contribution in [0.2, 0.25) is 0 Å². The molecule has 1 aromatic heterocycles. The van der Waals surface area contributed by atoms with E-state index in [9.17, 15) is 0 Å². The summed E-state index contributed by atoms with van der Waals surface area (Å²) in [5.74, 6) is 0. The molecule has 4 nitrogen and oxygen atoms in total. The molecule has 0 saturated carbocycles. The van der Waals surface area contributed by atoms with Crippen molar-refractivity contribution in [2.24, 2.45) is 7.05 Å². The normalized spacial score (nSPS) is 25.2. The van der Waals surface area contributed by atoms with E-state index in [4.69, 9.17) is 4.74 Å². The van der Waals surface area contributed by atoms with Crippen LogP contribution in [0.5, 0.6) is 0 Å². The van der Waals surface area contributed by atoms with E-state index in [0.29, 0.717) is 12.1 Å². The first-order valence-corrected chi connectivity index (χ1v) is 6.01. The smallest absolute Gasteiger partial charge is 0.0700 e. The van der Waals surface area contributed by atoms with Crippen LogP contribution in [0.3, 0.4) is 0 Å². The summed E-state index contributed by atoms with van der Waals surface area (Å²) in [6.07, 6.45) is 4.50. The van der Waals surface area contributed by atoms with Crippen LogP contribution in [0.1, 0.15) is 24.6 Å². The van der Waals surface area contributed by atoms with E-state index in [0.717, 1.165) is 26.0 Å². The lowest BCUT2D eigenvalue weighted by atomic mass is 10.1. The van der Waals surface area contributed by atoms with E-state index in [-0.39, 0.29) is 0 Å². The molecular formula is C12H21N3O. The van der Waals surface area contributed by atoms with Gasteiger partial charge in [0, 0.05) is 25.4 Å². The number of ether oxygens (including phenoxy) is 1. The summed E-state index contributed by atoms with van der Waals surface area (Å²) in [6.45, 7) is 6.15. The maximum Gasteiger partial charge on any atom is 0.0700 e. The number of rotatable bonds is 4. The Hall–Kier alpha value is -0.870. The van der Waals surface area contributed by atoms with Crippen molar-refractivity contribution in [1.82, 2.24) is 15.1 Å². The fraction of sp³-hybridized carbons (Fsp3) is 0.750. The summed E-state index contributed by atoms with van der Waals surface area (Å²) in [4.78, 5) is 0. The summed E-state index contributed by atoms with van der Waals surface area (Å²) in [7, 11) is 1.99. The predicted molar refractivity (Wildman–Crippen MR) is 63.5 cm³/mol. The Morgan fingerprint density at radius 1 is 1.62 bits per heavy atom. The van der Waals surface area contributed by atoms with Gasteiger partial charge in [0.25, 0.3) is 0 Å². The Labute approximate surface area is 97.0 Å². The summed E-state index contributed by atoms with van der Waals surface area (Å²) >= 11 is 0. The first-order valence-electron chi connectivity index (χ1n) is 6.01. The molecule has 0 spiro atoms. The van der Waals surface area contributed by atoms with Crippen LogP contribution in [0, 0.1) is 6.92 Å². The Morgan fingerprint density at radius 3 is 3.00 bits per heavy atom. The van der Waals surface area contributed by atoms with Crippen molar-refractivity contribution in [2.75, 3.05) is 13.2 Å². The molecule has 2 heterocycles. The summed E-state index contributed by atoms with van der Waals surface area (Å²) < 4.78 is 7.44. The first kappa shape index (κ1) is 11.6. The standard InChI is InChI=1S/C12H21N3O/c1-9-11(8-14-15(9)3)4-6-13-12-5-7-16-10(12)2/h8,10,12-13H,4-7H2,1-3H3. The third-order valence-electron chi connectivity index (χ3n) is 3.51. The lowest BCUT2D eigenvalue weighted by molar-refractivity contribution is 0.113. The maximum atomic E-state index is 5.52. The van der Waals surface area contributed by atoms with Gasteiger partial charge in [0.05, 0.1) is 12.3 Å². The fourth-order valence-corrected chi connectivity index (χ4v) is 2.18. The monoisotopic (exact) mass is 223 g/mol. The summed E-state index contributed by atoms with van der Waals surface area (Å²) in [5, 5.41) is 7.80. The number of hydrogen-bond donors (Lipinski definition) is 1. The fourth-order valence-electron chi connectivity index (χ4n) is 2.18. The zero-order chi connectivity index (χ0) is 11.5. The number of aryl methyl sites for hydroxylation is 1.